The fourth-order valence-corrected chi connectivity index (χ4v) is 5.05. The van der Waals surface area contributed by atoms with Gasteiger partial charge in [0.2, 0.25) is 17.7 Å². The summed E-state index contributed by atoms with van der Waals surface area (Å²) in [4.78, 5) is 26.6. The number of nitrogens with two attached hydrogens (primary N) is 1. The Morgan fingerprint density at radius 2 is 2.11 bits per heavy atom. The molecule has 1 atom stereocenters. The number of anilines is 1. The quantitative estimate of drug-likeness (QED) is 0.438. The predicted molar refractivity (Wildman–Crippen MR) is 138 cm³/mol. The summed E-state index contributed by atoms with van der Waals surface area (Å²) in [6, 6.07) is 9.99. The second kappa shape index (κ2) is 11.3. The highest BCUT2D eigenvalue weighted by atomic mass is 35.5. The van der Waals surface area contributed by atoms with Crippen LogP contribution in [0.15, 0.2) is 52.4 Å². The van der Waals surface area contributed by atoms with Gasteiger partial charge in [-0.2, -0.15) is 4.98 Å². The summed E-state index contributed by atoms with van der Waals surface area (Å²) in [7, 11) is 5.55. The van der Waals surface area contributed by atoms with E-state index < -0.39 is 11.7 Å². The van der Waals surface area contributed by atoms with E-state index in [0.717, 1.165) is 30.0 Å². The summed E-state index contributed by atoms with van der Waals surface area (Å²) < 4.78 is 25.0. The summed E-state index contributed by atoms with van der Waals surface area (Å²) in [5.41, 5.74) is 6.34. The second-order valence-corrected chi connectivity index (χ2v) is 10.1. The van der Waals surface area contributed by atoms with Crippen LogP contribution >= 0.6 is 23.4 Å². The molecule has 190 valence electrons. The highest BCUT2D eigenvalue weighted by Gasteiger charge is 2.26. The average molecular weight is 532 g/mol. The number of carbonyl (C=O) groups excluding carboxylic acids is 1. The van der Waals surface area contributed by atoms with Crippen LogP contribution in [0.3, 0.4) is 0 Å². The normalized spacial score (nSPS) is 15.4. The van der Waals surface area contributed by atoms with Gasteiger partial charge in [-0.15, -0.1) is 0 Å². The van der Waals surface area contributed by atoms with Crippen molar-refractivity contribution < 1.29 is 18.7 Å². The summed E-state index contributed by atoms with van der Waals surface area (Å²) in [6.07, 6.45) is 2.73. The minimum Gasteiger partial charge on any atom is -0.494 e. The third kappa shape index (κ3) is 6.00. The largest absolute Gasteiger partial charge is 0.494 e. The molecule has 8 nitrogen and oxygen atoms in total. The van der Waals surface area contributed by atoms with Gasteiger partial charge in [0.25, 0.3) is 0 Å². The van der Waals surface area contributed by atoms with Gasteiger partial charge in [0, 0.05) is 24.0 Å². The van der Waals surface area contributed by atoms with Crippen LogP contribution < -0.4 is 20.1 Å². The highest BCUT2D eigenvalue weighted by Crippen LogP contribution is 2.37. The number of rotatable bonds is 9. The van der Waals surface area contributed by atoms with Crippen LogP contribution in [0.1, 0.15) is 22.3 Å². The van der Waals surface area contributed by atoms with Crippen molar-refractivity contribution in [1.82, 2.24) is 14.9 Å². The van der Waals surface area contributed by atoms with E-state index in [0.29, 0.717) is 22.8 Å². The van der Waals surface area contributed by atoms with Gasteiger partial charge in [-0.3, -0.25) is 4.79 Å². The van der Waals surface area contributed by atoms with E-state index in [9.17, 15) is 9.18 Å². The predicted octanol–water partition coefficient (Wildman–Crippen LogP) is 4.25. The zero-order chi connectivity index (χ0) is 25.8. The van der Waals surface area contributed by atoms with Crippen molar-refractivity contribution >= 4 is 35.2 Å². The molecule has 36 heavy (non-hydrogen) atoms. The summed E-state index contributed by atoms with van der Waals surface area (Å²) in [5.74, 6) is 0.0754. The lowest BCUT2D eigenvalue weighted by Gasteiger charge is -2.21. The second-order valence-electron chi connectivity index (χ2n) is 8.56. The first-order valence-electron chi connectivity index (χ1n) is 11.3. The lowest BCUT2D eigenvalue weighted by Crippen LogP contribution is -2.32. The third-order valence-electron chi connectivity index (χ3n) is 5.91. The molecule has 1 aliphatic rings. The van der Waals surface area contributed by atoms with E-state index in [1.807, 2.05) is 0 Å². The van der Waals surface area contributed by atoms with E-state index in [2.05, 4.69) is 28.9 Å². The molecule has 0 aliphatic carbocycles. The van der Waals surface area contributed by atoms with Crippen LogP contribution in [0.5, 0.6) is 11.6 Å². The molecule has 0 saturated carbocycles. The van der Waals surface area contributed by atoms with Gasteiger partial charge >= 0.3 is 0 Å². The lowest BCUT2D eigenvalue weighted by atomic mass is 10.2. The molecule has 1 amide bonds. The molecular formula is C25H27ClFN5O3S. The average Bonchev–Trinajstić information content (AvgIpc) is 3.35. The van der Waals surface area contributed by atoms with Crippen LogP contribution in [-0.4, -0.2) is 61.1 Å². The van der Waals surface area contributed by atoms with Gasteiger partial charge in [-0.25, -0.2) is 9.37 Å². The molecule has 4 rings (SSSR count). The zero-order valence-electron chi connectivity index (χ0n) is 20.2. The Bertz CT molecular complexity index is 1260. The maximum atomic E-state index is 13.8. The van der Waals surface area contributed by atoms with Crippen LogP contribution in [0, 0.1) is 5.82 Å². The van der Waals surface area contributed by atoms with Crippen LogP contribution in [0.25, 0.3) is 0 Å². The Hall–Kier alpha value is -3.08. The molecule has 2 heterocycles. The number of benzene rings is 2. The minimum atomic E-state index is -0.593. The molecule has 11 heteroatoms. The molecule has 1 saturated heterocycles. The van der Waals surface area contributed by atoms with Crippen LogP contribution in [0.4, 0.5) is 10.3 Å². The number of amides is 1. The smallest absolute Gasteiger partial charge is 0.250 e. The highest BCUT2D eigenvalue weighted by molar-refractivity contribution is 7.99. The van der Waals surface area contributed by atoms with Gasteiger partial charge in [0.05, 0.1) is 28.8 Å². The number of ether oxygens (including phenoxy) is 2. The van der Waals surface area contributed by atoms with E-state index >= 15 is 0 Å². The third-order valence-corrected chi connectivity index (χ3v) is 7.21. The molecule has 1 unspecified atom stereocenters. The van der Waals surface area contributed by atoms with Crippen molar-refractivity contribution in [2.45, 2.75) is 28.9 Å². The van der Waals surface area contributed by atoms with E-state index in [-0.39, 0.29) is 22.9 Å². The zero-order valence-corrected chi connectivity index (χ0v) is 21.8. The monoisotopic (exact) mass is 531 g/mol. The Morgan fingerprint density at radius 3 is 2.78 bits per heavy atom. The van der Waals surface area contributed by atoms with Crippen LogP contribution in [0.2, 0.25) is 5.02 Å². The van der Waals surface area contributed by atoms with Gasteiger partial charge in [-0.1, -0.05) is 29.4 Å². The minimum absolute atomic E-state index is 0.144. The number of hydrogen-bond acceptors (Lipinski definition) is 8. The van der Waals surface area contributed by atoms with E-state index in [4.69, 9.17) is 31.8 Å². The standard InChI is InChI=1S/C25H27ClFN5O3S/c1-31(2)16-8-9-32(13-16)25-29-12-22(36-17-5-6-18(23(28)33)19(26)11-17)24(30-25)35-14-15-4-7-20(27)21(10-15)34-3/h4-7,10-12,16H,8-9,13-14H2,1-3H3,(H2,28,33). The van der Waals surface area contributed by atoms with Crippen molar-refractivity contribution in [1.29, 1.82) is 0 Å². The summed E-state index contributed by atoms with van der Waals surface area (Å²) >= 11 is 7.59. The number of primary amides is 1. The molecule has 1 fully saturated rings. The number of halogens is 2. The molecule has 2 aromatic carbocycles. The molecule has 2 N–H and O–H groups in total. The van der Waals surface area contributed by atoms with Gasteiger partial charge in [0.15, 0.2) is 11.6 Å². The number of methoxy groups -OCH3 is 1. The number of aromatic nitrogens is 2. The lowest BCUT2D eigenvalue weighted by molar-refractivity contribution is 0.100. The van der Waals surface area contributed by atoms with Crippen molar-refractivity contribution in [3.05, 3.63) is 64.6 Å². The number of hydrogen-bond donors (Lipinski definition) is 1. The number of nitrogens with zero attached hydrogens (tertiary/aromatic N) is 4. The fourth-order valence-electron chi connectivity index (χ4n) is 3.85. The maximum Gasteiger partial charge on any atom is 0.250 e. The van der Waals surface area contributed by atoms with Gasteiger partial charge in [-0.05, 0) is 56.4 Å². The SMILES string of the molecule is COc1cc(COc2nc(N3CCC(N(C)C)C3)ncc2Sc2ccc(C(N)=O)c(Cl)c2)ccc1F. The van der Waals surface area contributed by atoms with Crippen molar-refractivity contribution in [2.75, 3.05) is 39.2 Å². The number of likely N-dealkylation sites (N-methyl/N-ethyl adjacent to an activating group) is 1. The summed E-state index contributed by atoms with van der Waals surface area (Å²) in [5, 5.41) is 0.262. The molecule has 3 aromatic rings. The first kappa shape index (κ1) is 26.0. The first-order chi connectivity index (χ1) is 17.2. The van der Waals surface area contributed by atoms with Crippen molar-refractivity contribution in [3.63, 3.8) is 0 Å². The molecule has 1 aromatic heterocycles. The molecule has 1 aliphatic heterocycles. The van der Waals surface area contributed by atoms with E-state index in [1.54, 1.807) is 36.5 Å². The van der Waals surface area contributed by atoms with Crippen molar-refractivity contribution in [2.24, 2.45) is 5.73 Å². The Kier molecular flexibility index (Phi) is 8.17. The molecule has 0 bridgehead atoms. The molecule has 0 radical (unpaired) electrons. The first-order valence-corrected chi connectivity index (χ1v) is 12.5. The van der Waals surface area contributed by atoms with Crippen LogP contribution in [-0.2, 0) is 6.61 Å². The Labute approximate surface area is 218 Å². The summed E-state index contributed by atoms with van der Waals surface area (Å²) in [6.45, 7) is 1.81. The fraction of sp³-hybridized carbons (Fsp3) is 0.320. The van der Waals surface area contributed by atoms with Crippen molar-refractivity contribution in [3.8, 4) is 11.6 Å². The Morgan fingerprint density at radius 1 is 1.31 bits per heavy atom. The topological polar surface area (TPSA) is 93.8 Å². The number of carbonyl (C=O) groups is 1. The molecule has 0 spiro atoms. The molecular weight excluding hydrogens is 505 g/mol. The van der Waals surface area contributed by atoms with Gasteiger partial charge in [0.1, 0.15) is 6.61 Å². The van der Waals surface area contributed by atoms with E-state index in [1.165, 1.54) is 24.9 Å². The van der Waals surface area contributed by atoms with Gasteiger partial charge < -0.3 is 25.0 Å². The maximum absolute atomic E-state index is 13.8. The Balaban J connectivity index is 1.61.